The largest absolute Gasteiger partial charge is 0.383 e. The fourth-order valence-corrected chi connectivity index (χ4v) is 5.33. The molecule has 1 heterocycles. The number of primary amides is 1. The highest BCUT2D eigenvalue weighted by atomic mass is 35.5. The van der Waals surface area contributed by atoms with Crippen LogP contribution in [0.4, 0.5) is 0 Å². The SMILES string of the molecule is C=C(Cl)/C=C\C(=C/C)[C@@H]1[C@@H](c2cccc(Cl)c2)C[C@](C)(C[C@H](O)C(N)=O)C(=O)N1C(CC)CC. The van der Waals surface area contributed by atoms with Crippen molar-refractivity contribution in [2.75, 3.05) is 0 Å². The van der Waals surface area contributed by atoms with Crippen molar-refractivity contribution in [1.82, 2.24) is 4.90 Å². The third kappa shape index (κ3) is 6.32. The molecule has 3 N–H and O–H groups in total. The molecule has 0 bridgehead atoms. The molecule has 2 rings (SSSR count). The molecule has 7 heteroatoms. The number of carbonyl (C=O) groups excluding carboxylic acids is 2. The van der Waals surface area contributed by atoms with Crippen LogP contribution in [-0.2, 0) is 9.59 Å². The number of nitrogens with two attached hydrogens (primary N) is 1. The molecule has 1 aromatic rings. The summed E-state index contributed by atoms with van der Waals surface area (Å²) in [6.45, 7) is 11.6. The van der Waals surface area contributed by atoms with E-state index in [1.807, 2.05) is 55.2 Å². The van der Waals surface area contributed by atoms with Crippen LogP contribution in [0.25, 0.3) is 0 Å². The summed E-state index contributed by atoms with van der Waals surface area (Å²) < 4.78 is 0. The summed E-state index contributed by atoms with van der Waals surface area (Å²) in [6.07, 6.45) is 6.12. The predicted molar refractivity (Wildman–Crippen MR) is 140 cm³/mol. The van der Waals surface area contributed by atoms with Crippen LogP contribution in [0, 0.1) is 5.41 Å². The second-order valence-electron chi connectivity index (χ2n) is 9.25. The number of aliphatic hydroxyl groups excluding tert-OH is 1. The van der Waals surface area contributed by atoms with Crippen LogP contribution in [0.1, 0.15) is 64.9 Å². The Hall–Kier alpha value is -2.08. The number of likely N-dealkylation sites (tertiary alicyclic amines) is 1. The summed E-state index contributed by atoms with van der Waals surface area (Å²) in [5.41, 5.74) is 6.30. The molecule has 34 heavy (non-hydrogen) atoms. The van der Waals surface area contributed by atoms with Crippen molar-refractivity contribution in [2.45, 2.75) is 77.5 Å². The van der Waals surface area contributed by atoms with Crippen molar-refractivity contribution in [3.05, 3.63) is 70.3 Å². The van der Waals surface area contributed by atoms with Gasteiger partial charge in [0.25, 0.3) is 0 Å². The molecule has 0 spiro atoms. The number of nitrogens with zero attached hydrogens (tertiary/aromatic N) is 1. The Labute approximate surface area is 213 Å². The molecule has 1 aliphatic heterocycles. The quantitative estimate of drug-likeness (QED) is 0.398. The van der Waals surface area contributed by atoms with Crippen LogP contribution in [-0.4, -0.2) is 40.0 Å². The first-order valence-electron chi connectivity index (χ1n) is 11.7. The standard InChI is InChI=1S/C27H36Cl2N2O3/c1-6-18(13-12-17(4)28)24-22(19-10-9-11-20(29)14-19)15-27(5,16-23(32)25(30)33)26(34)31(24)21(7-2)8-3/h6,9-14,21-24,32H,4,7-8,15-16H2,1-3,5H3,(H2,30,33)/b13-12-,18-6+/t22-,23+,24-,27-/m1/s1. The van der Waals surface area contributed by atoms with Gasteiger partial charge in [-0.25, -0.2) is 0 Å². The number of rotatable bonds is 10. The molecule has 186 valence electrons. The molecule has 1 aromatic carbocycles. The highest BCUT2D eigenvalue weighted by Gasteiger charge is 2.52. The number of piperidine rings is 1. The maximum atomic E-state index is 14.1. The molecule has 0 saturated carbocycles. The van der Waals surface area contributed by atoms with Crippen molar-refractivity contribution in [1.29, 1.82) is 0 Å². The lowest BCUT2D eigenvalue weighted by atomic mass is 9.66. The minimum absolute atomic E-state index is 0.0351. The number of hydrogen-bond donors (Lipinski definition) is 2. The van der Waals surface area contributed by atoms with Crippen LogP contribution in [0.15, 0.2) is 59.7 Å². The summed E-state index contributed by atoms with van der Waals surface area (Å²) >= 11 is 12.4. The zero-order chi connectivity index (χ0) is 25.6. The first-order chi connectivity index (χ1) is 16.0. The molecule has 1 aliphatic rings. The summed E-state index contributed by atoms with van der Waals surface area (Å²) in [4.78, 5) is 27.8. The van der Waals surface area contributed by atoms with Crippen molar-refractivity contribution in [3.63, 3.8) is 0 Å². The zero-order valence-corrected chi connectivity index (χ0v) is 21.9. The highest BCUT2D eigenvalue weighted by Crippen LogP contribution is 2.49. The van der Waals surface area contributed by atoms with Gasteiger partial charge in [0, 0.05) is 22.0 Å². The number of benzene rings is 1. The average Bonchev–Trinajstić information content (AvgIpc) is 2.78. The smallest absolute Gasteiger partial charge is 0.246 e. The van der Waals surface area contributed by atoms with Gasteiger partial charge in [-0.2, -0.15) is 0 Å². The molecule has 0 aliphatic carbocycles. The molecule has 0 unspecified atom stereocenters. The molecule has 0 aromatic heterocycles. The number of aliphatic hydroxyl groups is 1. The van der Waals surface area contributed by atoms with Gasteiger partial charge in [-0.05, 0) is 62.0 Å². The lowest BCUT2D eigenvalue weighted by molar-refractivity contribution is -0.156. The Morgan fingerprint density at radius 2 is 2.00 bits per heavy atom. The maximum Gasteiger partial charge on any atom is 0.246 e. The first kappa shape index (κ1) is 28.2. The molecule has 0 radical (unpaired) electrons. The van der Waals surface area contributed by atoms with Gasteiger partial charge in [0.05, 0.1) is 11.5 Å². The Morgan fingerprint density at radius 3 is 2.50 bits per heavy atom. The number of hydrogen-bond acceptors (Lipinski definition) is 3. The van der Waals surface area contributed by atoms with Gasteiger partial charge in [-0.3, -0.25) is 9.59 Å². The van der Waals surface area contributed by atoms with Crippen molar-refractivity contribution < 1.29 is 14.7 Å². The van der Waals surface area contributed by atoms with E-state index in [9.17, 15) is 14.7 Å². The normalized spacial score (nSPS) is 24.6. The molecular weight excluding hydrogens is 471 g/mol. The van der Waals surface area contributed by atoms with E-state index in [0.717, 1.165) is 24.0 Å². The van der Waals surface area contributed by atoms with Crippen LogP contribution in [0.5, 0.6) is 0 Å². The van der Waals surface area contributed by atoms with E-state index in [1.54, 1.807) is 6.08 Å². The third-order valence-corrected chi connectivity index (χ3v) is 7.18. The van der Waals surface area contributed by atoms with Crippen molar-refractivity contribution in [2.24, 2.45) is 11.1 Å². The fraction of sp³-hybridized carbons (Fsp3) is 0.481. The Morgan fingerprint density at radius 1 is 1.35 bits per heavy atom. The molecule has 4 atom stereocenters. The van der Waals surface area contributed by atoms with E-state index < -0.39 is 17.4 Å². The zero-order valence-electron chi connectivity index (χ0n) is 20.4. The van der Waals surface area contributed by atoms with Gasteiger partial charge in [-0.15, -0.1) is 0 Å². The Bertz CT molecular complexity index is 970. The molecular formula is C27H36Cl2N2O3. The van der Waals surface area contributed by atoms with E-state index >= 15 is 0 Å². The second kappa shape index (κ2) is 12.1. The van der Waals surface area contributed by atoms with Crippen molar-refractivity contribution in [3.8, 4) is 0 Å². The Kier molecular flexibility index (Phi) is 9.98. The van der Waals surface area contributed by atoms with Crippen LogP contribution in [0.3, 0.4) is 0 Å². The lowest BCUT2D eigenvalue weighted by Gasteiger charge is -2.52. The number of allylic oxidation sites excluding steroid dienone is 3. The number of amides is 2. The van der Waals surface area contributed by atoms with Crippen LogP contribution >= 0.6 is 23.2 Å². The van der Waals surface area contributed by atoms with Gasteiger partial charge >= 0.3 is 0 Å². The summed E-state index contributed by atoms with van der Waals surface area (Å²) in [5, 5.41) is 11.4. The third-order valence-electron chi connectivity index (χ3n) is 6.82. The topological polar surface area (TPSA) is 83.6 Å². The molecule has 5 nitrogen and oxygen atoms in total. The van der Waals surface area contributed by atoms with Gasteiger partial charge in [0.2, 0.25) is 11.8 Å². The summed E-state index contributed by atoms with van der Waals surface area (Å²) in [6, 6.07) is 7.32. The Balaban J connectivity index is 2.76. The minimum Gasteiger partial charge on any atom is -0.383 e. The van der Waals surface area contributed by atoms with Crippen LogP contribution < -0.4 is 5.73 Å². The first-order valence-corrected chi connectivity index (χ1v) is 12.5. The second-order valence-corrected chi connectivity index (χ2v) is 10.2. The van der Waals surface area contributed by atoms with Gasteiger partial charge < -0.3 is 15.7 Å². The summed E-state index contributed by atoms with van der Waals surface area (Å²) in [7, 11) is 0. The number of carbonyl (C=O) groups is 2. The molecule has 1 fully saturated rings. The highest BCUT2D eigenvalue weighted by molar-refractivity contribution is 6.31. The maximum absolute atomic E-state index is 14.1. The van der Waals surface area contributed by atoms with E-state index in [-0.39, 0.29) is 30.3 Å². The predicted octanol–water partition coefficient (Wildman–Crippen LogP) is 5.71. The van der Waals surface area contributed by atoms with E-state index in [2.05, 4.69) is 20.4 Å². The molecule has 1 saturated heterocycles. The summed E-state index contributed by atoms with van der Waals surface area (Å²) in [5.74, 6) is -1.06. The molecule has 2 amide bonds. The van der Waals surface area contributed by atoms with E-state index in [4.69, 9.17) is 28.9 Å². The van der Waals surface area contributed by atoms with Gasteiger partial charge in [-0.1, -0.05) is 74.8 Å². The van der Waals surface area contributed by atoms with Crippen molar-refractivity contribution >= 4 is 35.0 Å². The fourth-order valence-electron chi connectivity index (χ4n) is 5.07. The lowest BCUT2D eigenvalue weighted by Crippen LogP contribution is -2.60. The van der Waals surface area contributed by atoms with E-state index in [1.165, 1.54) is 0 Å². The minimum atomic E-state index is -1.41. The number of halogens is 2. The van der Waals surface area contributed by atoms with Crippen LogP contribution in [0.2, 0.25) is 5.02 Å². The van der Waals surface area contributed by atoms with Gasteiger partial charge in [0.15, 0.2) is 0 Å². The van der Waals surface area contributed by atoms with Gasteiger partial charge in [0.1, 0.15) is 6.10 Å². The monoisotopic (exact) mass is 506 g/mol. The average molecular weight is 508 g/mol. The van der Waals surface area contributed by atoms with E-state index in [0.29, 0.717) is 16.5 Å².